The number of nitrogens with zero attached hydrogens (tertiary/aromatic N) is 1. The van der Waals surface area contributed by atoms with Gasteiger partial charge in [0.2, 0.25) is 0 Å². The minimum absolute atomic E-state index is 0.0669. The molecule has 4 nitrogen and oxygen atoms in total. The smallest absolute Gasteiger partial charge is 0.475 e. The Kier molecular flexibility index (Phi) is 7.62. The molecular formula is C25H31F3N2O2. The number of halogens is 3. The average molecular weight is 449 g/mol. The van der Waals surface area contributed by atoms with Gasteiger partial charge in [-0.3, -0.25) is 0 Å². The predicted octanol–water partition coefficient (Wildman–Crippen LogP) is 4.83. The molecule has 2 saturated heterocycles. The number of nitrogens with two attached hydrogens (primary N) is 1. The quantitative estimate of drug-likeness (QED) is 0.688. The molecule has 4 rings (SSSR count). The Balaban J connectivity index is 0.000000360. The monoisotopic (exact) mass is 448 g/mol. The van der Waals surface area contributed by atoms with Crippen molar-refractivity contribution >= 4 is 5.97 Å². The molecule has 2 heterocycles. The van der Waals surface area contributed by atoms with E-state index in [0.717, 1.165) is 18.0 Å². The molecule has 2 fully saturated rings. The number of benzene rings is 2. The molecule has 0 spiro atoms. The fourth-order valence-electron chi connectivity index (χ4n) is 5.42. The van der Waals surface area contributed by atoms with Gasteiger partial charge >= 0.3 is 12.1 Å². The number of hydrogen-bond donors (Lipinski definition) is 2. The van der Waals surface area contributed by atoms with E-state index in [2.05, 4.69) is 72.6 Å². The second-order valence-electron chi connectivity index (χ2n) is 8.91. The summed E-state index contributed by atoms with van der Waals surface area (Å²) in [5.74, 6) is -2.00. The molecule has 0 saturated carbocycles. The zero-order valence-electron chi connectivity index (χ0n) is 18.3. The normalized spacial score (nSPS) is 23.3. The van der Waals surface area contributed by atoms with Gasteiger partial charge in [-0.25, -0.2) is 4.79 Å². The Morgan fingerprint density at radius 2 is 1.38 bits per heavy atom. The highest BCUT2D eigenvalue weighted by atomic mass is 19.4. The van der Waals surface area contributed by atoms with Gasteiger partial charge in [0, 0.05) is 24.0 Å². The lowest BCUT2D eigenvalue weighted by atomic mass is 9.67. The van der Waals surface area contributed by atoms with Crippen LogP contribution < -0.4 is 5.73 Å². The molecule has 174 valence electrons. The van der Waals surface area contributed by atoms with Gasteiger partial charge in [0.1, 0.15) is 0 Å². The summed E-state index contributed by atoms with van der Waals surface area (Å²) in [7, 11) is 2.32. The summed E-state index contributed by atoms with van der Waals surface area (Å²) in [4.78, 5) is 11.5. The molecule has 0 radical (unpaired) electrons. The van der Waals surface area contributed by atoms with Crippen molar-refractivity contribution < 1.29 is 23.1 Å². The van der Waals surface area contributed by atoms with E-state index in [9.17, 15) is 13.2 Å². The van der Waals surface area contributed by atoms with Crippen molar-refractivity contribution in [2.45, 2.75) is 55.8 Å². The summed E-state index contributed by atoms with van der Waals surface area (Å²) >= 11 is 0. The molecular weight excluding hydrogens is 417 g/mol. The molecule has 2 aliphatic rings. The van der Waals surface area contributed by atoms with Crippen molar-refractivity contribution in [2.75, 3.05) is 13.6 Å². The van der Waals surface area contributed by atoms with Crippen molar-refractivity contribution in [3.63, 3.8) is 0 Å². The maximum atomic E-state index is 10.6. The zero-order valence-corrected chi connectivity index (χ0v) is 18.3. The zero-order chi connectivity index (χ0) is 23.4. The summed E-state index contributed by atoms with van der Waals surface area (Å²) in [6.45, 7) is 0.669. The molecule has 7 heteroatoms. The molecule has 1 unspecified atom stereocenters. The fraction of sp³-hybridized carbons (Fsp3) is 0.480. The highest BCUT2D eigenvalue weighted by Crippen LogP contribution is 2.45. The Morgan fingerprint density at radius 3 is 1.72 bits per heavy atom. The van der Waals surface area contributed by atoms with E-state index in [1.54, 1.807) is 0 Å². The minimum Gasteiger partial charge on any atom is -0.475 e. The number of aliphatic carboxylic acids is 1. The summed E-state index contributed by atoms with van der Waals surface area (Å²) in [5.41, 5.74) is 9.16. The third-order valence-electron chi connectivity index (χ3n) is 7.08. The molecule has 2 aromatic rings. The third-order valence-corrected chi connectivity index (χ3v) is 7.08. The van der Waals surface area contributed by atoms with Crippen LogP contribution in [0.5, 0.6) is 0 Å². The first-order valence-corrected chi connectivity index (χ1v) is 11.0. The lowest BCUT2D eigenvalue weighted by Crippen LogP contribution is -2.44. The van der Waals surface area contributed by atoms with Gasteiger partial charge < -0.3 is 15.7 Å². The van der Waals surface area contributed by atoms with Crippen molar-refractivity contribution in [3.8, 4) is 0 Å². The molecule has 2 aromatic carbocycles. The molecule has 3 N–H and O–H groups in total. The van der Waals surface area contributed by atoms with E-state index in [4.69, 9.17) is 15.6 Å². The van der Waals surface area contributed by atoms with E-state index in [0.29, 0.717) is 6.54 Å². The van der Waals surface area contributed by atoms with E-state index < -0.39 is 12.1 Å². The molecule has 0 amide bonds. The second-order valence-corrected chi connectivity index (χ2v) is 8.91. The lowest BCUT2D eigenvalue weighted by Gasteiger charge is -2.42. The molecule has 2 aliphatic heterocycles. The van der Waals surface area contributed by atoms with E-state index in [1.807, 2.05) is 0 Å². The first-order chi connectivity index (χ1) is 15.2. The minimum atomic E-state index is -5.08. The summed E-state index contributed by atoms with van der Waals surface area (Å²) in [6.07, 6.45) is 1.50. The van der Waals surface area contributed by atoms with Crippen LogP contribution in [0, 0.1) is 5.92 Å². The van der Waals surface area contributed by atoms with Gasteiger partial charge in [-0.05, 0) is 56.2 Å². The Bertz CT molecular complexity index is 820. The van der Waals surface area contributed by atoms with Crippen molar-refractivity contribution in [1.82, 2.24) is 4.90 Å². The Hall–Kier alpha value is -2.38. The number of carboxylic acids is 1. The van der Waals surface area contributed by atoms with Crippen molar-refractivity contribution in [1.29, 1.82) is 0 Å². The van der Waals surface area contributed by atoms with Crippen LogP contribution in [0.2, 0.25) is 0 Å². The first kappa shape index (κ1) is 24.3. The first-order valence-electron chi connectivity index (χ1n) is 11.0. The van der Waals surface area contributed by atoms with Gasteiger partial charge in [-0.15, -0.1) is 0 Å². The predicted molar refractivity (Wildman–Crippen MR) is 118 cm³/mol. The van der Waals surface area contributed by atoms with Gasteiger partial charge in [0.05, 0.1) is 0 Å². The van der Waals surface area contributed by atoms with Crippen LogP contribution in [0.25, 0.3) is 0 Å². The van der Waals surface area contributed by atoms with Crippen LogP contribution >= 0.6 is 0 Å². The van der Waals surface area contributed by atoms with E-state index in [-0.39, 0.29) is 5.41 Å². The standard InChI is InChI=1S/C23H30N2.C2HF3O2/c1-25-21-12-13-22(25)15-18(14-21)16-23(17-24,19-8-4-2-5-9-19)20-10-6-3-7-11-20;3-2(4,5)1(6)7/h2-11,18,21-22H,12-17,24H2,1H3;(H,6,7)/t18?,21-,22+;. The second kappa shape index (κ2) is 10.0. The van der Waals surface area contributed by atoms with Crippen LogP contribution in [-0.4, -0.2) is 47.8 Å². The fourth-order valence-corrected chi connectivity index (χ4v) is 5.42. The van der Waals surface area contributed by atoms with Crippen molar-refractivity contribution in [2.24, 2.45) is 11.7 Å². The SMILES string of the molecule is CN1[C@@H]2CC[C@H]1CC(CC(CN)(c1ccccc1)c1ccccc1)C2.O=C(O)C(F)(F)F. The molecule has 2 bridgehead atoms. The van der Waals surface area contributed by atoms with Crippen LogP contribution in [0.1, 0.15) is 43.2 Å². The van der Waals surface area contributed by atoms with Crippen LogP contribution in [0.3, 0.4) is 0 Å². The molecule has 0 aliphatic carbocycles. The van der Waals surface area contributed by atoms with Crippen LogP contribution in [-0.2, 0) is 10.2 Å². The van der Waals surface area contributed by atoms with Crippen molar-refractivity contribution in [3.05, 3.63) is 71.8 Å². The van der Waals surface area contributed by atoms with Crippen LogP contribution in [0.4, 0.5) is 13.2 Å². The Morgan fingerprint density at radius 1 is 0.969 bits per heavy atom. The maximum absolute atomic E-state index is 10.6. The number of carboxylic acid groups (broad SMARTS) is 1. The van der Waals surface area contributed by atoms with Gasteiger partial charge in [0.25, 0.3) is 0 Å². The maximum Gasteiger partial charge on any atom is 0.490 e. The van der Waals surface area contributed by atoms with Gasteiger partial charge in [-0.1, -0.05) is 60.7 Å². The van der Waals surface area contributed by atoms with Gasteiger partial charge in [-0.2, -0.15) is 13.2 Å². The average Bonchev–Trinajstić information content (AvgIpc) is 2.99. The molecule has 0 aromatic heterocycles. The number of fused-ring (bicyclic) bond motifs is 2. The highest BCUT2D eigenvalue weighted by molar-refractivity contribution is 5.73. The van der Waals surface area contributed by atoms with Gasteiger partial charge in [0.15, 0.2) is 0 Å². The third kappa shape index (κ3) is 5.33. The largest absolute Gasteiger partial charge is 0.490 e. The van der Waals surface area contributed by atoms with E-state index in [1.165, 1.54) is 43.2 Å². The molecule has 32 heavy (non-hydrogen) atoms. The Labute approximate surface area is 187 Å². The summed E-state index contributed by atoms with van der Waals surface area (Å²) in [6, 6.07) is 23.5. The number of alkyl halides is 3. The van der Waals surface area contributed by atoms with E-state index >= 15 is 0 Å². The summed E-state index contributed by atoms with van der Waals surface area (Å²) < 4.78 is 31.7. The number of hydrogen-bond acceptors (Lipinski definition) is 3. The highest BCUT2D eigenvalue weighted by Gasteiger charge is 2.43. The topological polar surface area (TPSA) is 66.6 Å². The molecule has 3 atom stereocenters. The van der Waals surface area contributed by atoms with Crippen LogP contribution in [0.15, 0.2) is 60.7 Å². The number of piperidine rings is 1. The number of rotatable bonds is 5. The lowest BCUT2D eigenvalue weighted by molar-refractivity contribution is -0.192. The summed E-state index contributed by atoms with van der Waals surface area (Å²) in [5, 5.41) is 7.12. The number of carbonyl (C=O) groups is 1.